The van der Waals surface area contributed by atoms with Gasteiger partial charge in [-0.3, -0.25) is 4.79 Å². The van der Waals surface area contributed by atoms with E-state index in [1.54, 1.807) is 12.1 Å². The molecule has 3 amide bonds. The standard InChI is InChI=1S/C23H31N3O3/c1-16(2)25-22(28)26-19-10-6-17(7-11-19)14-24-21(27)15-29-20-12-8-18(9-13-20)23(3,4)5/h6-13,16H,14-15H2,1-5H3,(H,24,27)(H2,25,26,28). The fraction of sp³-hybridized carbons (Fsp3) is 0.391. The van der Waals surface area contributed by atoms with Crippen molar-refractivity contribution in [2.75, 3.05) is 11.9 Å². The number of urea groups is 1. The first-order valence-corrected chi connectivity index (χ1v) is 9.80. The Kier molecular flexibility index (Phi) is 7.65. The number of hydrogen-bond acceptors (Lipinski definition) is 3. The third kappa shape index (κ3) is 7.86. The predicted octanol–water partition coefficient (Wildman–Crippen LogP) is 4.21. The van der Waals surface area contributed by atoms with Gasteiger partial charge < -0.3 is 20.7 Å². The van der Waals surface area contributed by atoms with E-state index in [4.69, 9.17) is 4.74 Å². The zero-order valence-corrected chi connectivity index (χ0v) is 17.8. The molecule has 0 spiro atoms. The SMILES string of the molecule is CC(C)NC(=O)Nc1ccc(CNC(=O)COc2ccc(C(C)(C)C)cc2)cc1. The molecule has 0 heterocycles. The molecule has 0 unspecified atom stereocenters. The summed E-state index contributed by atoms with van der Waals surface area (Å²) < 4.78 is 5.55. The van der Waals surface area contributed by atoms with Crippen molar-refractivity contribution in [3.63, 3.8) is 0 Å². The molecule has 0 aliphatic rings. The third-order valence-electron chi connectivity index (χ3n) is 4.21. The molecule has 156 valence electrons. The molecule has 0 fully saturated rings. The summed E-state index contributed by atoms with van der Waals surface area (Å²) in [7, 11) is 0. The zero-order chi connectivity index (χ0) is 21.4. The molecule has 2 rings (SSSR count). The molecule has 0 saturated carbocycles. The van der Waals surface area contributed by atoms with Crippen LogP contribution in [0, 0.1) is 0 Å². The molecule has 0 aromatic heterocycles. The van der Waals surface area contributed by atoms with Crippen molar-refractivity contribution >= 4 is 17.6 Å². The molecule has 2 aromatic carbocycles. The molecule has 0 aliphatic carbocycles. The molecule has 2 aromatic rings. The first kappa shape index (κ1) is 22.3. The van der Waals surface area contributed by atoms with Crippen LogP contribution in [0.3, 0.4) is 0 Å². The van der Waals surface area contributed by atoms with Gasteiger partial charge in [0, 0.05) is 18.3 Å². The summed E-state index contributed by atoms with van der Waals surface area (Å²) in [6, 6.07) is 15.0. The van der Waals surface area contributed by atoms with Gasteiger partial charge in [0.25, 0.3) is 5.91 Å². The van der Waals surface area contributed by atoms with Gasteiger partial charge in [0.15, 0.2) is 6.61 Å². The monoisotopic (exact) mass is 397 g/mol. The van der Waals surface area contributed by atoms with Gasteiger partial charge in [-0.25, -0.2) is 4.79 Å². The van der Waals surface area contributed by atoms with Crippen molar-refractivity contribution in [3.05, 3.63) is 59.7 Å². The Morgan fingerprint density at radius 3 is 2.14 bits per heavy atom. The van der Waals surface area contributed by atoms with Crippen LogP contribution in [0.1, 0.15) is 45.7 Å². The number of rotatable bonds is 7. The molecule has 3 N–H and O–H groups in total. The number of carbonyl (C=O) groups is 2. The second kappa shape index (κ2) is 9.96. The minimum atomic E-state index is -0.242. The smallest absolute Gasteiger partial charge is 0.319 e. The normalized spacial score (nSPS) is 11.1. The van der Waals surface area contributed by atoms with E-state index >= 15 is 0 Å². The van der Waals surface area contributed by atoms with Crippen LogP contribution < -0.4 is 20.7 Å². The number of anilines is 1. The summed E-state index contributed by atoms with van der Waals surface area (Å²) in [5.41, 5.74) is 2.93. The summed E-state index contributed by atoms with van der Waals surface area (Å²) >= 11 is 0. The van der Waals surface area contributed by atoms with Gasteiger partial charge in [-0.05, 0) is 54.7 Å². The molecule has 0 bridgehead atoms. The average Bonchev–Trinajstić information content (AvgIpc) is 2.64. The van der Waals surface area contributed by atoms with E-state index in [2.05, 4.69) is 36.7 Å². The highest BCUT2D eigenvalue weighted by molar-refractivity contribution is 5.89. The lowest BCUT2D eigenvalue weighted by Crippen LogP contribution is -2.34. The fourth-order valence-electron chi connectivity index (χ4n) is 2.59. The van der Waals surface area contributed by atoms with E-state index in [9.17, 15) is 9.59 Å². The number of amides is 3. The third-order valence-corrected chi connectivity index (χ3v) is 4.21. The lowest BCUT2D eigenvalue weighted by Gasteiger charge is -2.19. The van der Waals surface area contributed by atoms with Crippen LogP contribution in [0.5, 0.6) is 5.75 Å². The second-order valence-corrected chi connectivity index (χ2v) is 8.29. The first-order chi connectivity index (χ1) is 13.6. The average molecular weight is 398 g/mol. The van der Waals surface area contributed by atoms with Gasteiger partial charge in [0.1, 0.15) is 5.75 Å². The Morgan fingerprint density at radius 1 is 0.966 bits per heavy atom. The Labute approximate surface area is 173 Å². The first-order valence-electron chi connectivity index (χ1n) is 9.80. The minimum Gasteiger partial charge on any atom is -0.484 e. The van der Waals surface area contributed by atoms with Crippen LogP contribution in [-0.2, 0) is 16.8 Å². The van der Waals surface area contributed by atoms with Crippen molar-refractivity contribution < 1.29 is 14.3 Å². The molecular formula is C23H31N3O3. The number of carbonyl (C=O) groups excluding carboxylic acids is 2. The van der Waals surface area contributed by atoms with Crippen LogP contribution >= 0.6 is 0 Å². The Hall–Kier alpha value is -3.02. The maximum absolute atomic E-state index is 12.0. The highest BCUT2D eigenvalue weighted by Gasteiger charge is 2.13. The van der Waals surface area contributed by atoms with Crippen molar-refractivity contribution in [3.8, 4) is 5.75 Å². The van der Waals surface area contributed by atoms with E-state index in [0.29, 0.717) is 18.0 Å². The van der Waals surface area contributed by atoms with Crippen molar-refractivity contribution in [2.24, 2.45) is 0 Å². The highest BCUT2D eigenvalue weighted by atomic mass is 16.5. The number of hydrogen-bond donors (Lipinski definition) is 3. The van der Waals surface area contributed by atoms with Crippen LogP contribution in [0.4, 0.5) is 10.5 Å². The summed E-state index contributed by atoms with van der Waals surface area (Å²) in [5.74, 6) is 0.478. The highest BCUT2D eigenvalue weighted by Crippen LogP contribution is 2.24. The molecule has 0 atom stereocenters. The summed E-state index contributed by atoms with van der Waals surface area (Å²) in [6.07, 6.45) is 0. The van der Waals surface area contributed by atoms with Crippen LogP contribution in [-0.4, -0.2) is 24.6 Å². The number of ether oxygens (including phenoxy) is 1. The molecular weight excluding hydrogens is 366 g/mol. The van der Waals surface area contributed by atoms with E-state index in [1.165, 1.54) is 5.56 Å². The Morgan fingerprint density at radius 2 is 1.59 bits per heavy atom. The van der Waals surface area contributed by atoms with Gasteiger partial charge in [0.2, 0.25) is 0 Å². The fourth-order valence-corrected chi connectivity index (χ4v) is 2.59. The molecule has 0 radical (unpaired) electrons. The largest absolute Gasteiger partial charge is 0.484 e. The Bertz CT molecular complexity index is 807. The number of nitrogens with one attached hydrogen (secondary N) is 3. The van der Waals surface area contributed by atoms with Gasteiger partial charge >= 0.3 is 6.03 Å². The van der Waals surface area contributed by atoms with Crippen molar-refractivity contribution in [1.29, 1.82) is 0 Å². The van der Waals surface area contributed by atoms with E-state index in [-0.39, 0.29) is 30.0 Å². The Balaban J connectivity index is 1.75. The molecule has 6 nitrogen and oxygen atoms in total. The molecule has 29 heavy (non-hydrogen) atoms. The topological polar surface area (TPSA) is 79.5 Å². The van der Waals surface area contributed by atoms with E-state index < -0.39 is 0 Å². The van der Waals surface area contributed by atoms with Gasteiger partial charge in [0.05, 0.1) is 0 Å². The minimum absolute atomic E-state index is 0.0378. The van der Waals surface area contributed by atoms with Crippen LogP contribution in [0.25, 0.3) is 0 Å². The predicted molar refractivity (Wildman–Crippen MR) is 116 cm³/mol. The van der Waals surface area contributed by atoms with Crippen LogP contribution in [0.15, 0.2) is 48.5 Å². The zero-order valence-electron chi connectivity index (χ0n) is 17.8. The summed E-state index contributed by atoms with van der Waals surface area (Å²) in [4.78, 5) is 23.7. The van der Waals surface area contributed by atoms with Crippen LogP contribution in [0.2, 0.25) is 0 Å². The molecule has 6 heteroatoms. The van der Waals surface area contributed by atoms with Crippen molar-refractivity contribution in [2.45, 2.75) is 52.6 Å². The summed E-state index contributed by atoms with van der Waals surface area (Å²) in [5, 5.41) is 8.35. The van der Waals surface area contributed by atoms with Gasteiger partial charge in [-0.1, -0.05) is 45.0 Å². The number of benzene rings is 2. The maximum atomic E-state index is 12.0. The molecule has 0 saturated heterocycles. The maximum Gasteiger partial charge on any atom is 0.319 e. The lowest BCUT2D eigenvalue weighted by molar-refractivity contribution is -0.123. The van der Waals surface area contributed by atoms with E-state index in [1.807, 2.05) is 50.2 Å². The van der Waals surface area contributed by atoms with Crippen molar-refractivity contribution in [1.82, 2.24) is 10.6 Å². The molecule has 0 aliphatic heterocycles. The summed E-state index contributed by atoms with van der Waals surface area (Å²) in [6.45, 7) is 10.6. The lowest BCUT2D eigenvalue weighted by atomic mass is 9.87. The quantitative estimate of drug-likeness (QED) is 0.655. The second-order valence-electron chi connectivity index (χ2n) is 8.29. The van der Waals surface area contributed by atoms with Gasteiger partial charge in [-0.15, -0.1) is 0 Å². The van der Waals surface area contributed by atoms with Gasteiger partial charge in [-0.2, -0.15) is 0 Å². The van der Waals surface area contributed by atoms with E-state index in [0.717, 1.165) is 5.56 Å².